The van der Waals surface area contributed by atoms with Gasteiger partial charge in [-0.2, -0.15) is 0 Å². The summed E-state index contributed by atoms with van der Waals surface area (Å²) in [6.07, 6.45) is 7.33. The molecule has 0 aromatic heterocycles. The number of rotatable bonds is 3. The van der Waals surface area contributed by atoms with Gasteiger partial charge < -0.3 is 10.2 Å². The van der Waals surface area contributed by atoms with E-state index in [0.717, 1.165) is 24.1 Å². The molecule has 0 unspecified atom stereocenters. The molecule has 19 heavy (non-hydrogen) atoms. The van der Waals surface area contributed by atoms with E-state index in [1.807, 2.05) is 43.3 Å². The van der Waals surface area contributed by atoms with Gasteiger partial charge in [0, 0.05) is 25.8 Å². The molecule has 0 radical (unpaired) electrons. The van der Waals surface area contributed by atoms with Crippen molar-refractivity contribution in [3.63, 3.8) is 0 Å². The van der Waals surface area contributed by atoms with Crippen LogP contribution in [0.3, 0.4) is 0 Å². The zero-order valence-corrected chi connectivity index (χ0v) is 12.0. The molecule has 1 aromatic carbocycles. The van der Waals surface area contributed by atoms with Crippen LogP contribution in [0, 0.1) is 0 Å². The first kappa shape index (κ1) is 13.9. The fraction of sp³-hybridized carbons (Fsp3) is 0.562. The monoisotopic (exact) mass is 260 g/mol. The summed E-state index contributed by atoms with van der Waals surface area (Å²) in [5.74, 6) is 0.0659. The normalized spacial score (nSPS) is 16.7. The predicted octanol–water partition coefficient (Wildman–Crippen LogP) is 3.21. The Balaban J connectivity index is 2.06. The number of carbonyl (C=O) groups excluding carboxylic acids is 1. The van der Waals surface area contributed by atoms with Gasteiger partial charge in [0.25, 0.3) is 5.91 Å². The highest BCUT2D eigenvalue weighted by molar-refractivity contribution is 5.99. The molecule has 1 N–H and O–H groups in total. The second-order valence-corrected chi connectivity index (χ2v) is 5.57. The minimum Gasteiger partial charge on any atom is -0.377 e. The molecule has 1 saturated carbocycles. The molecule has 0 bridgehead atoms. The van der Waals surface area contributed by atoms with Crippen molar-refractivity contribution >= 4 is 11.6 Å². The van der Waals surface area contributed by atoms with Crippen molar-refractivity contribution < 1.29 is 4.79 Å². The van der Waals surface area contributed by atoms with E-state index in [0.29, 0.717) is 6.04 Å². The molecule has 1 amide bonds. The lowest BCUT2D eigenvalue weighted by molar-refractivity contribution is 0.0934. The average Bonchev–Trinajstić information content (AvgIpc) is 2.67. The highest BCUT2D eigenvalue weighted by Crippen LogP contribution is 2.20. The number of para-hydroxylation sites is 1. The Kier molecular flexibility index (Phi) is 4.83. The van der Waals surface area contributed by atoms with Crippen molar-refractivity contribution in [1.29, 1.82) is 0 Å². The van der Waals surface area contributed by atoms with Crippen molar-refractivity contribution in [3.8, 4) is 0 Å². The van der Waals surface area contributed by atoms with E-state index in [9.17, 15) is 4.79 Å². The van der Waals surface area contributed by atoms with Crippen LogP contribution >= 0.6 is 0 Å². The largest absolute Gasteiger partial charge is 0.377 e. The molecule has 1 fully saturated rings. The first-order valence-corrected chi connectivity index (χ1v) is 7.25. The summed E-state index contributed by atoms with van der Waals surface area (Å²) < 4.78 is 0. The molecule has 1 aliphatic rings. The van der Waals surface area contributed by atoms with Crippen molar-refractivity contribution in [2.75, 3.05) is 19.0 Å². The number of hydrogen-bond donors (Lipinski definition) is 1. The maximum Gasteiger partial charge on any atom is 0.253 e. The SMILES string of the molecule is CN(C)c1ccccc1C(=O)NC1CCCCCC1. The number of nitrogens with one attached hydrogen (secondary N) is 1. The molecule has 104 valence electrons. The molecule has 0 aliphatic heterocycles. The van der Waals surface area contributed by atoms with Crippen LogP contribution in [0.2, 0.25) is 0 Å². The van der Waals surface area contributed by atoms with Crippen LogP contribution in [0.15, 0.2) is 24.3 Å². The lowest BCUT2D eigenvalue weighted by Crippen LogP contribution is -2.35. The molecule has 0 spiro atoms. The van der Waals surface area contributed by atoms with Gasteiger partial charge in [-0.3, -0.25) is 4.79 Å². The third kappa shape index (κ3) is 3.72. The third-order valence-corrected chi connectivity index (χ3v) is 3.82. The van der Waals surface area contributed by atoms with Crippen LogP contribution < -0.4 is 10.2 Å². The third-order valence-electron chi connectivity index (χ3n) is 3.82. The first-order valence-electron chi connectivity index (χ1n) is 7.25. The summed E-state index contributed by atoms with van der Waals surface area (Å²) >= 11 is 0. The van der Waals surface area contributed by atoms with Crippen molar-refractivity contribution in [2.45, 2.75) is 44.6 Å². The molecule has 3 nitrogen and oxygen atoms in total. The van der Waals surface area contributed by atoms with Gasteiger partial charge in [-0.1, -0.05) is 37.8 Å². The minimum absolute atomic E-state index is 0.0659. The second kappa shape index (κ2) is 6.60. The van der Waals surface area contributed by atoms with Gasteiger partial charge in [-0.25, -0.2) is 0 Å². The molecule has 1 aliphatic carbocycles. The molecule has 3 heteroatoms. The highest BCUT2D eigenvalue weighted by Gasteiger charge is 2.18. The quantitative estimate of drug-likeness (QED) is 0.846. The molecule has 1 aromatic rings. The summed E-state index contributed by atoms with van der Waals surface area (Å²) in [4.78, 5) is 14.4. The van der Waals surface area contributed by atoms with E-state index < -0.39 is 0 Å². The number of carbonyl (C=O) groups is 1. The minimum atomic E-state index is 0.0659. The summed E-state index contributed by atoms with van der Waals surface area (Å²) in [5.41, 5.74) is 1.75. The highest BCUT2D eigenvalue weighted by atomic mass is 16.1. The average molecular weight is 260 g/mol. The number of anilines is 1. The van der Waals surface area contributed by atoms with Crippen molar-refractivity contribution in [1.82, 2.24) is 5.32 Å². The van der Waals surface area contributed by atoms with Gasteiger partial charge in [0.1, 0.15) is 0 Å². The van der Waals surface area contributed by atoms with Crippen LogP contribution in [-0.4, -0.2) is 26.0 Å². The summed E-state index contributed by atoms with van der Waals surface area (Å²) in [5, 5.41) is 3.20. The van der Waals surface area contributed by atoms with Crippen LogP contribution in [-0.2, 0) is 0 Å². The Morgan fingerprint density at radius 2 is 1.74 bits per heavy atom. The molecular weight excluding hydrogens is 236 g/mol. The van der Waals surface area contributed by atoms with Gasteiger partial charge >= 0.3 is 0 Å². The maximum atomic E-state index is 12.4. The molecular formula is C16H24N2O. The summed E-state index contributed by atoms with van der Waals surface area (Å²) in [6.45, 7) is 0. The smallest absolute Gasteiger partial charge is 0.253 e. The van der Waals surface area contributed by atoms with E-state index >= 15 is 0 Å². The van der Waals surface area contributed by atoms with Crippen molar-refractivity contribution in [3.05, 3.63) is 29.8 Å². The standard InChI is InChI=1S/C16H24N2O/c1-18(2)15-12-8-7-11-14(15)16(19)17-13-9-5-3-4-6-10-13/h7-8,11-13H,3-6,9-10H2,1-2H3,(H,17,19). The topological polar surface area (TPSA) is 32.3 Å². The molecule has 2 rings (SSSR count). The number of benzene rings is 1. The second-order valence-electron chi connectivity index (χ2n) is 5.57. The van der Waals surface area contributed by atoms with Crippen LogP contribution in [0.4, 0.5) is 5.69 Å². The molecule has 0 saturated heterocycles. The predicted molar refractivity (Wildman–Crippen MR) is 79.7 cm³/mol. The Morgan fingerprint density at radius 3 is 2.37 bits per heavy atom. The zero-order valence-electron chi connectivity index (χ0n) is 12.0. The van der Waals surface area contributed by atoms with Crippen LogP contribution in [0.5, 0.6) is 0 Å². The Morgan fingerprint density at radius 1 is 1.11 bits per heavy atom. The fourth-order valence-electron chi connectivity index (χ4n) is 2.74. The van der Waals surface area contributed by atoms with Crippen molar-refractivity contribution in [2.24, 2.45) is 0 Å². The molecule has 0 atom stereocenters. The summed E-state index contributed by atoms with van der Waals surface area (Å²) in [7, 11) is 3.94. The molecule has 0 heterocycles. The number of hydrogen-bond acceptors (Lipinski definition) is 2. The Hall–Kier alpha value is -1.51. The number of amides is 1. The van der Waals surface area contributed by atoms with E-state index in [1.165, 1.54) is 25.7 Å². The number of nitrogens with zero attached hydrogens (tertiary/aromatic N) is 1. The lowest BCUT2D eigenvalue weighted by Gasteiger charge is -2.20. The fourth-order valence-corrected chi connectivity index (χ4v) is 2.74. The van der Waals surface area contributed by atoms with Gasteiger partial charge in [0.15, 0.2) is 0 Å². The van der Waals surface area contributed by atoms with E-state index in [-0.39, 0.29) is 5.91 Å². The van der Waals surface area contributed by atoms with Gasteiger partial charge in [0.2, 0.25) is 0 Å². The Labute approximate surface area is 116 Å². The van der Waals surface area contributed by atoms with E-state index in [1.54, 1.807) is 0 Å². The zero-order chi connectivity index (χ0) is 13.7. The Bertz CT molecular complexity index is 421. The first-order chi connectivity index (χ1) is 9.18. The lowest BCUT2D eigenvalue weighted by atomic mass is 10.1. The van der Waals surface area contributed by atoms with E-state index in [2.05, 4.69) is 5.32 Å². The van der Waals surface area contributed by atoms with Crippen LogP contribution in [0.1, 0.15) is 48.9 Å². The van der Waals surface area contributed by atoms with Gasteiger partial charge in [-0.15, -0.1) is 0 Å². The van der Waals surface area contributed by atoms with E-state index in [4.69, 9.17) is 0 Å². The van der Waals surface area contributed by atoms with Gasteiger partial charge in [0.05, 0.1) is 5.56 Å². The van der Waals surface area contributed by atoms with Gasteiger partial charge in [-0.05, 0) is 25.0 Å². The summed E-state index contributed by atoms with van der Waals surface area (Å²) in [6, 6.07) is 8.14. The van der Waals surface area contributed by atoms with Crippen LogP contribution in [0.25, 0.3) is 0 Å². The maximum absolute atomic E-state index is 12.4.